The fourth-order valence-corrected chi connectivity index (χ4v) is 2.62. The molecule has 3 heteroatoms. The molecule has 24 heavy (non-hydrogen) atoms. The van der Waals surface area contributed by atoms with Gasteiger partial charge in [0.15, 0.2) is 0 Å². The Morgan fingerprint density at radius 1 is 0.625 bits per heavy atom. The van der Waals surface area contributed by atoms with Crippen molar-refractivity contribution >= 4 is 0 Å². The molecule has 0 spiro atoms. The average Bonchev–Trinajstić information content (AvgIpc) is 3.14. The topological polar surface area (TPSA) is 27.1 Å². The van der Waals surface area contributed by atoms with Crippen molar-refractivity contribution in [2.75, 3.05) is 0 Å². The van der Waals surface area contributed by atoms with Gasteiger partial charge in [0.25, 0.3) is 0 Å². The molecule has 0 bridgehead atoms. The second kappa shape index (κ2) is 6.42. The number of hydrogen-bond donors (Lipinski definition) is 0. The van der Waals surface area contributed by atoms with E-state index < -0.39 is 0 Å². The molecule has 0 atom stereocenters. The Morgan fingerprint density at radius 2 is 1.25 bits per heavy atom. The van der Waals surface area contributed by atoms with E-state index in [0.29, 0.717) is 0 Å². The average molecular weight is 312 g/mol. The first kappa shape index (κ1) is 14.3. The summed E-state index contributed by atoms with van der Waals surface area (Å²) in [4.78, 5) is 0. The molecule has 0 aliphatic heterocycles. The van der Waals surface area contributed by atoms with Crippen molar-refractivity contribution in [3.8, 4) is 28.4 Å². The van der Waals surface area contributed by atoms with Crippen molar-refractivity contribution in [2.24, 2.45) is 0 Å². The van der Waals surface area contributed by atoms with Gasteiger partial charge in [0.05, 0.1) is 17.6 Å². The summed E-state index contributed by atoms with van der Waals surface area (Å²) in [6, 6.07) is 30.0. The fraction of sp³-hybridized carbons (Fsp3) is 0. The zero-order chi connectivity index (χ0) is 16.2. The van der Waals surface area contributed by atoms with Gasteiger partial charge in [0, 0.05) is 5.56 Å². The normalized spacial score (nSPS) is 10.5. The van der Waals surface area contributed by atoms with Crippen molar-refractivity contribution < 1.29 is 4.74 Å². The van der Waals surface area contributed by atoms with Crippen LogP contribution in [0, 0.1) is 0 Å². The van der Waals surface area contributed by atoms with Gasteiger partial charge in [-0.05, 0) is 54.6 Å². The zero-order valence-corrected chi connectivity index (χ0v) is 13.0. The highest BCUT2D eigenvalue weighted by Crippen LogP contribution is 2.26. The first-order chi connectivity index (χ1) is 11.9. The number of aromatic nitrogens is 2. The molecule has 0 aliphatic carbocycles. The SMILES string of the molecule is c1ccc(Oc2ccc(-c3ccnn3-c3ccccc3)cc2)cc1. The van der Waals surface area contributed by atoms with Crippen LogP contribution in [-0.2, 0) is 0 Å². The number of benzene rings is 3. The summed E-state index contributed by atoms with van der Waals surface area (Å²) in [6.45, 7) is 0. The van der Waals surface area contributed by atoms with E-state index in [1.165, 1.54) is 0 Å². The third kappa shape index (κ3) is 2.92. The maximum absolute atomic E-state index is 5.84. The highest BCUT2D eigenvalue weighted by molar-refractivity contribution is 5.62. The van der Waals surface area contributed by atoms with E-state index in [0.717, 1.165) is 28.4 Å². The van der Waals surface area contributed by atoms with Gasteiger partial charge >= 0.3 is 0 Å². The summed E-state index contributed by atoms with van der Waals surface area (Å²) in [5.41, 5.74) is 3.19. The minimum absolute atomic E-state index is 0.815. The minimum atomic E-state index is 0.815. The van der Waals surface area contributed by atoms with Crippen LogP contribution in [0.1, 0.15) is 0 Å². The smallest absolute Gasteiger partial charge is 0.127 e. The van der Waals surface area contributed by atoms with Crippen LogP contribution in [-0.4, -0.2) is 9.78 Å². The third-order valence-corrected chi connectivity index (χ3v) is 3.77. The van der Waals surface area contributed by atoms with Gasteiger partial charge in [0.1, 0.15) is 11.5 Å². The summed E-state index contributed by atoms with van der Waals surface area (Å²) in [7, 11) is 0. The molecule has 0 fully saturated rings. The molecule has 1 heterocycles. The first-order valence-electron chi connectivity index (χ1n) is 7.83. The van der Waals surface area contributed by atoms with Crippen LogP contribution < -0.4 is 4.74 Å². The Labute approximate surface area is 140 Å². The quantitative estimate of drug-likeness (QED) is 0.509. The van der Waals surface area contributed by atoms with E-state index in [1.807, 2.05) is 89.7 Å². The first-order valence-corrected chi connectivity index (χ1v) is 7.83. The molecule has 0 radical (unpaired) electrons. The largest absolute Gasteiger partial charge is 0.457 e. The number of ether oxygens (including phenoxy) is 1. The lowest BCUT2D eigenvalue weighted by Gasteiger charge is -2.09. The molecule has 4 aromatic rings. The van der Waals surface area contributed by atoms with Crippen LogP contribution in [0.25, 0.3) is 16.9 Å². The summed E-state index contributed by atoms with van der Waals surface area (Å²) in [5, 5.41) is 4.44. The van der Waals surface area contributed by atoms with Gasteiger partial charge in [-0.1, -0.05) is 36.4 Å². The second-order valence-electron chi connectivity index (χ2n) is 5.40. The lowest BCUT2D eigenvalue weighted by molar-refractivity contribution is 0.483. The summed E-state index contributed by atoms with van der Waals surface area (Å²) in [5.74, 6) is 1.65. The number of nitrogens with zero attached hydrogens (tertiary/aromatic N) is 2. The molecule has 0 amide bonds. The maximum Gasteiger partial charge on any atom is 0.127 e. The van der Waals surface area contributed by atoms with E-state index in [2.05, 4.69) is 17.2 Å². The van der Waals surface area contributed by atoms with Crippen molar-refractivity contribution in [3.63, 3.8) is 0 Å². The number of rotatable bonds is 4. The molecule has 0 saturated carbocycles. The van der Waals surface area contributed by atoms with Crippen LogP contribution in [0.15, 0.2) is 97.2 Å². The summed E-state index contributed by atoms with van der Waals surface area (Å²) in [6.07, 6.45) is 1.82. The van der Waals surface area contributed by atoms with Crippen LogP contribution >= 0.6 is 0 Å². The Hall–Kier alpha value is -3.33. The summed E-state index contributed by atoms with van der Waals surface area (Å²) < 4.78 is 7.78. The Balaban J connectivity index is 1.61. The summed E-state index contributed by atoms with van der Waals surface area (Å²) >= 11 is 0. The van der Waals surface area contributed by atoms with Gasteiger partial charge < -0.3 is 4.74 Å². The number of para-hydroxylation sites is 2. The van der Waals surface area contributed by atoms with E-state index in [-0.39, 0.29) is 0 Å². The molecule has 3 nitrogen and oxygen atoms in total. The van der Waals surface area contributed by atoms with Crippen molar-refractivity contribution in [2.45, 2.75) is 0 Å². The number of hydrogen-bond acceptors (Lipinski definition) is 2. The van der Waals surface area contributed by atoms with Gasteiger partial charge in [0.2, 0.25) is 0 Å². The molecular formula is C21H16N2O. The van der Waals surface area contributed by atoms with E-state index in [1.54, 1.807) is 0 Å². The maximum atomic E-state index is 5.84. The van der Waals surface area contributed by atoms with Crippen LogP contribution in [0.3, 0.4) is 0 Å². The van der Waals surface area contributed by atoms with E-state index >= 15 is 0 Å². The predicted molar refractivity (Wildman–Crippen MR) is 95.5 cm³/mol. The van der Waals surface area contributed by atoms with Crippen molar-refractivity contribution in [3.05, 3.63) is 97.2 Å². The highest BCUT2D eigenvalue weighted by atomic mass is 16.5. The molecule has 0 N–H and O–H groups in total. The molecule has 0 saturated heterocycles. The van der Waals surface area contributed by atoms with Crippen LogP contribution in [0.4, 0.5) is 0 Å². The Kier molecular flexibility index (Phi) is 3.82. The minimum Gasteiger partial charge on any atom is -0.457 e. The van der Waals surface area contributed by atoms with Crippen molar-refractivity contribution in [1.82, 2.24) is 9.78 Å². The lowest BCUT2D eigenvalue weighted by atomic mass is 10.1. The van der Waals surface area contributed by atoms with Crippen molar-refractivity contribution in [1.29, 1.82) is 0 Å². The molecule has 116 valence electrons. The fourth-order valence-electron chi connectivity index (χ4n) is 2.62. The van der Waals surface area contributed by atoms with Gasteiger partial charge in [-0.15, -0.1) is 0 Å². The third-order valence-electron chi connectivity index (χ3n) is 3.77. The zero-order valence-electron chi connectivity index (χ0n) is 13.0. The lowest BCUT2D eigenvalue weighted by Crippen LogP contribution is -1.98. The van der Waals surface area contributed by atoms with Gasteiger partial charge in [-0.25, -0.2) is 4.68 Å². The highest BCUT2D eigenvalue weighted by Gasteiger charge is 2.07. The molecular weight excluding hydrogens is 296 g/mol. The van der Waals surface area contributed by atoms with Gasteiger partial charge in [-0.2, -0.15) is 5.10 Å². The Bertz CT molecular complexity index is 913. The van der Waals surface area contributed by atoms with E-state index in [4.69, 9.17) is 4.74 Å². The van der Waals surface area contributed by atoms with Crippen LogP contribution in [0.2, 0.25) is 0 Å². The standard InChI is InChI=1S/C21H16N2O/c1-3-7-18(8-4-1)23-21(15-16-22-23)17-11-13-20(14-12-17)24-19-9-5-2-6-10-19/h1-16H. The second-order valence-corrected chi connectivity index (χ2v) is 5.40. The van der Waals surface area contributed by atoms with Gasteiger partial charge in [-0.3, -0.25) is 0 Å². The van der Waals surface area contributed by atoms with E-state index in [9.17, 15) is 0 Å². The molecule has 0 unspecified atom stereocenters. The molecule has 0 aliphatic rings. The Morgan fingerprint density at radius 3 is 1.96 bits per heavy atom. The molecule has 4 rings (SSSR count). The monoisotopic (exact) mass is 312 g/mol. The van der Waals surface area contributed by atoms with Crippen LogP contribution in [0.5, 0.6) is 11.5 Å². The predicted octanol–water partition coefficient (Wildman–Crippen LogP) is 5.33. The molecule has 1 aromatic heterocycles. The molecule has 3 aromatic carbocycles.